The lowest BCUT2D eigenvalue weighted by atomic mass is 9.67. The first-order valence-corrected chi connectivity index (χ1v) is 21.2. The van der Waals surface area contributed by atoms with E-state index < -0.39 is 5.41 Å². The van der Waals surface area contributed by atoms with Crippen molar-refractivity contribution in [1.82, 2.24) is 0 Å². The Labute approximate surface area is 353 Å². The van der Waals surface area contributed by atoms with Crippen LogP contribution in [0.5, 0.6) is 0 Å². The number of fused-ring (bicyclic) bond motifs is 12. The van der Waals surface area contributed by atoms with Gasteiger partial charge in [0.2, 0.25) is 0 Å². The summed E-state index contributed by atoms with van der Waals surface area (Å²) in [6, 6.07) is 72.8. The van der Waals surface area contributed by atoms with E-state index >= 15 is 0 Å². The molecule has 2 aromatic heterocycles. The highest BCUT2D eigenvalue weighted by Gasteiger charge is 2.48. The minimum Gasteiger partial charge on any atom is -0.456 e. The highest BCUT2D eigenvalue weighted by atomic mass is 16.3. The smallest absolute Gasteiger partial charge is 0.159 e. The summed E-state index contributed by atoms with van der Waals surface area (Å²) in [7, 11) is 0. The molecule has 3 nitrogen and oxygen atoms in total. The SMILES string of the molecule is CC1(C)c2ccccc2-c2ccc(N(c3cccc4c3oc3ccccc34)c3ccc(C4(c5ccccc5)c5ccccc5-c5ccccc54)c4oc5ccccc5c34)cc21. The molecule has 13 rings (SSSR count). The molecule has 61 heavy (non-hydrogen) atoms. The monoisotopic (exact) mass is 781 g/mol. The predicted octanol–water partition coefficient (Wildman–Crippen LogP) is 15.6. The third-order valence-corrected chi connectivity index (χ3v) is 13.8. The molecule has 0 radical (unpaired) electrons. The summed E-state index contributed by atoms with van der Waals surface area (Å²) in [6.07, 6.45) is 0. The van der Waals surface area contributed by atoms with E-state index in [0.29, 0.717) is 0 Å². The van der Waals surface area contributed by atoms with Crippen molar-refractivity contribution in [2.75, 3.05) is 4.90 Å². The Kier molecular flexibility index (Phi) is 6.99. The number of benzene rings is 9. The van der Waals surface area contributed by atoms with Gasteiger partial charge in [-0.25, -0.2) is 0 Å². The van der Waals surface area contributed by atoms with E-state index in [0.717, 1.165) is 66.5 Å². The van der Waals surface area contributed by atoms with Gasteiger partial charge in [-0.3, -0.25) is 0 Å². The van der Waals surface area contributed by atoms with Crippen LogP contribution < -0.4 is 4.90 Å². The number of rotatable bonds is 5. The van der Waals surface area contributed by atoms with Crippen molar-refractivity contribution in [2.24, 2.45) is 0 Å². The predicted molar refractivity (Wildman–Crippen MR) is 251 cm³/mol. The van der Waals surface area contributed by atoms with Crippen LogP contribution in [-0.4, -0.2) is 0 Å². The molecule has 2 aliphatic rings. The maximum Gasteiger partial charge on any atom is 0.159 e. The maximum atomic E-state index is 7.27. The van der Waals surface area contributed by atoms with Gasteiger partial charge < -0.3 is 13.7 Å². The molecule has 0 amide bonds. The molecule has 0 atom stereocenters. The molecule has 0 bridgehead atoms. The normalized spacial score (nSPS) is 14.3. The van der Waals surface area contributed by atoms with Gasteiger partial charge in [0.05, 0.1) is 22.2 Å². The molecule has 0 aliphatic heterocycles. The van der Waals surface area contributed by atoms with Crippen molar-refractivity contribution in [3.8, 4) is 22.3 Å². The van der Waals surface area contributed by atoms with Gasteiger partial charge in [0.25, 0.3) is 0 Å². The first kappa shape index (κ1) is 34.3. The van der Waals surface area contributed by atoms with Crippen molar-refractivity contribution in [3.05, 3.63) is 234 Å². The van der Waals surface area contributed by atoms with Gasteiger partial charge in [-0.05, 0) is 86.5 Å². The summed E-state index contributed by atoms with van der Waals surface area (Å²) in [5.74, 6) is 0. The number of hydrogen-bond acceptors (Lipinski definition) is 3. The maximum absolute atomic E-state index is 7.27. The number of nitrogens with zero attached hydrogens (tertiary/aromatic N) is 1. The molecule has 3 heteroatoms. The van der Waals surface area contributed by atoms with Crippen LogP contribution in [0.25, 0.3) is 66.1 Å². The molecule has 0 saturated carbocycles. The second kappa shape index (κ2) is 12.5. The van der Waals surface area contributed by atoms with Gasteiger partial charge >= 0.3 is 0 Å². The van der Waals surface area contributed by atoms with Gasteiger partial charge in [-0.2, -0.15) is 0 Å². The van der Waals surface area contributed by atoms with Crippen molar-refractivity contribution < 1.29 is 8.83 Å². The molecule has 0 fully saturated rings. The lowest BCUT2D eigenvalue weighted by molar-refractivity contribution is 0.648. The molecule has 0 saturated heterocycles. The number of anilines is 3. The Morgan fingerprint density at radius 3 is 1.67 bits per heavy atom. The Bertz CT molecular complexity index is 3540. The number of furan rings is 2. The highest BCUT2D eigenvalue weighted by Crippen LogP contribution is 2.59. The van der Waals surface area contributed by atoms with E-state index in [1.165, 1.54) is 50.1 Å². The average Bonchev–Trinajstić information content (AvgIpc) is 4.04. The van der Waals surface area contributed by atoms with Crippen LogP contribution in [0.15, 0.2) is 209 Å². The first-order valence-electron chi connectivity index (χ1n) is 21.2. The topological polar surface area (TPSA) is 29.5 Å². The summed E-state index contributed by atoms with van der Waals surface area (Å²) in [5.41, 5.74) is 18.2. The Hall–Kier alpha value is -7.62. The number of hydrogen-bond donors (Lipinski definition) is 0. The Morgan fingerprint density at radius 1 is 0.377 bits per heavy atom. The molecule has 0 N–H and O–H groups in total. The van der Waals surface area contributed by atoms with Crippen molar-refractivity contribution in [3.63, 3.8) is 0 Å². The molecular weight excluding hydrogens is 743 g/mol. The number of para-hydroxylation sites is 3. The average molecular weight is 782 g/mol. The van der Waals surface area contributed by atoms with E-state index in [-0.39, 0.29) is 5.41 Å². The van der Waals surface area contributed by atoms with Crippen molar-refractivity contribution in [2.45, 2.75) is 24.7 Å². The molecule has 11 aromatic rings. The minimum absolute atomic E-state index is 0.189. The lowest BCUT2D eigenvalue weighted by Crippen LogP contribution is -2.29. The third-order valence-electron chi connectivity index (χ3n) is 13.8. The van der Waals surface area contributed by atoms with E-state index in [4.69, 9.17) is 8.83 Å². The molecule has 2 heterocycles. The van der Waals surface area contributed by atoms with Crippen molar-refractivity contribution >= 4 is 60.9 Å². The summed E-state index contributed by atoms with van der Waals surface area (Å²) in [5, 5.41) is 4.30. The van der Waals surface area contributed by atoms with Crippen LogP contribution >= 0.6 is 0 Å². The zero-order valence-electron chi connectivity index (χ0n) is 33.8. The molecule has 288 valence electrons. The first-order chi connectivity index (χ1) is 30.0. The summed E-state index contributed by atoms with van der Waals surface area (Å²) in [6.45, 7) is 4.70. The Balaban J connectivity index is 1.16. The molecular formula is C58H39NO2. The summed E-state index contributed by atoms with van der Waals surface area (Å²) >= 11 is 0. The van der Waals surface area contributed by atoms with Crippen molar-refractivity contribution in [1.29, 1.82) is 0 Å². The molecule has 2 aliphatic carbocycles. The van der Waals surface area contributed by atoms with Crippen LogP contribution in [0.4, 0.5) is 17.1 Å². The highest BCUT2D eigenvalue weighted by molar-refractivity contribution is 6.17. The zero-order chi connectivity index (χ0) is 40.5. The van der Waals surface area contributed by atoms with Gasteiger partial charge in [0, 0.05) is 32.8 Å². The largest absolute Gasteiger partial charge is 0.456 e. The van der Waals surface area contributed by atoms with Gasteiger partial charge in [-0.15, -0.1) is 0 Å². The fourth-order valence-electron chi connectivity index (χ4n) is 11.1. The standard InChI is InChI=1S/C58H39NO2/c1-57(2)45-25-11-6-19-38(45)41-32-31-37(35-49(41)57)59(51-28-16-24-43-42-22-9-14-29-52(42)60-55(43)51)50-34-33-48(56-54(50)44-23-10-15-30-53(44)61-56)58(36-17-4-3-5-18-36)46-26-12-7-20-39(46)40-21-8-13-27-47(40)58/h3-35H,1-2H3. The van der Waals surface area contributed by atoms with Gasteiger partial charge in [0.1, 0.15) is 16.7 Å². The summed E-state index contributed by atoms with van der Waals surface area (Å²) in [4.78, 5) is 2.42. The van der Waals surface area contributed by atoms with Crippen LogP contribution in [0.2, 0.25) is 0 Å². The van der Waals surface area contributed by atoms with Crippen LogP contribution in [0.3, 0.4) is 0 Å². The fraction of sp³-hybridized carbons (Fsp3) is 0.0690. The second-order valence-corrected chi connectivity index (χ2v) is 17.1. The third kappa shape index (κ3) is 4.53. The minimum atomic E-state index is -0.647. The quantitative estimate of drug-likeness (QED) is 0.174. The molecule has 0 spiro atoms. The zero-order valence-corrected chi connectivity index (χ0v) is 33.8. The van der Waals surface area contributed by atoms with E-state index in [1.54, 1.807) is 0 Å². The van der Waals surface area contributed by atoms with Crippen LogP contribution in [-0.2, 0) is 10.8 Å². The second-order valence-electron chi connectivity index (χ2n) is 17.1. The summed E-state index contributed by atoms with van der Waals surface area (Å²) < 4.78 is 14.1. The van der Waals surface area contributed by atoms with E-state index in [1.807, 2.05) is 6.07 Å². The van der Waals surface area contributed by atoms with Crippen LogP contribution in [0, 0.1) is 0 Å². The molecule has 9 aromatic carbocycles. The van der Waals surface area contributed by atoms with Crippen LogP contribution in [0.1, 0.15) is 47.2 Å². The fourth-order valence-corrected chi connectivity index (χ4v) is 11.1. The van der Waals surface area contributed by atoms with Gasteiger partial charge in [-0.1, -0.05) is 178 Å². The Morgan fingerprint density at radius 2 is 0.934 bits per heavy atom. The molecule has 0 unspecified atom stereocenters. The van der Waals surface area contributed by atoms with Gasteiger partial charge in [0.15, 0.2) is 5.58 Å². The van der Waals surface area contributed by atoms with E-state index in [9.17, 15) is 0 Å². The van der Waals surface area contributed by atoms with E-state index in [2.05, 4.69) is 213 Å². The lowest BCUT2D eigenvalue weighted by Gasteiger charge is -2.34.